The number of nitro groups is 1. The zero-order valence-corrected chi connectivity index (χ0v) is 21.2. The number of benzene rings is 4. The van der Waals surface area contributed by atoms with Gasteiger partial charge in [0.05, 0.1) is 10.6 Å². The molecule has 9 nitrogen and oxygen atoms in total. The van der Waals surface area contributed by atoms with E-state index in [2.05, 4.69) is 5.32 Å². The van der Waals surface area contributed by atoms with Gasteiger partial charge in [0.25, 0.3) is 11.6 Å². The zero-order chi connectivity index (χ0) is 27.4. The quantitative estimate of drug-likeness (QED) is 0.107. The van der Waals surface area contributed by atoms with Crippen molar-refractivity contribution in [3.8, 4) is 11.8 Å². The van der Waals surface area contributed by atoms with Crippen LogP contribution in [0.1, 0.15) is 16.7 Å². The van der Waals surface area contributed by atoms with Crippen LogP contribution >= 0.6 is 0 Å². The maximum atomic E-state index is 13.0. The van der Waals surface area contributed by atoms with Gasteiger partial charge in [0.2, 0.25) is 0 Å². The second-order valence-corrected chi connectivity index (χ2v) is 9.98. The van der Waals surface area contributed by atoms with E-state index in [4.69, 9.17) is 4.18 Å². The summed E-state index contributed by atoms with van der Waals surface area (Å²) in [6, 6.07) is 22.1. The van der Waals surface area contributed by atoms with Crippen LogP contribution in [0.4, 0.5) is 11.4 Å². The summed E-state index contributed by atoms with van der Waals surface area (Å²) in [7, 11) is -4.23. The smallest absolute Gasteiger partial charge is 0.339 e. The van der Waals surface area contributed by atoms with E-state index < -0.39 is 20.9 Å². The number of nitrogens with zero attached hydrogens (tertiary/aromatic N) is 2. The highest BCUT2D eigenvalue weighted by molar-refractivity contribution is 7.87. The maximum absolute atomic E-state index is 13.0. The topological polar surface area (TPSA) is 139 Å². The Labute approximate surface area is 218 Å². The molecule has 4 rings (SSSR count). The van der Waals surface area contributed by atoms with Crippen LogP contribution in [0.25, 0.3) is 16.8 Å². The molecular formula is C28H21N3O6S. The lowest BCUT2D eigenvalue weighted by molar-refractivity contribution is -0.384. The number of aryl methyl sites for hydroxylation is 2. The van der Waals surface area contributed by atoms with Gasteiger partial charge in [-0.2, -0.15) is 13.7 Å². The summed E-state index contributed by atoms with van der Waals surface area (Å²) in [5.41, 5.74) is 1.23. The van der Waals surface area contributed by atoms with Crippen molar-refractivity contribution in [2.75, 3.05) is 5.32 Å². The summed E-state index contributed by atoms with van der Waals surface area (Å²) in [5, 5.41) is 24.8. The Morgan fingerprint density at radius 3 is 2.42 bits per heavy atom. The van der Waals surface area contributed by atoms with E-state index in [1.165, 1.54) is 42.5 Å². The minimum absolute atomic E-state index is 0.0504. The van der Waals surface area contributed by atoms with Crippen LogP contribution in [0.2, 0.25) is 0 Å². The third-order valence-electron chi connectivity index (χ3n) is 5.77. The summed E-state index contributed by atoms with van der Waals surface area (Å²) in [4.78, 5) is 23.5. The third kappa shape index (κ3) is 5.53. The number of nitro benzene ring substituents is 1. The van der Waals surface area contributed by atoms with Crippen molar-refractivity contribution in [2.24, 2.45) is 0 Å². The highest BCUT2D eigenvalue weighted by Gasteiger charge is 2.21. The van der Waals surface area contributed by atoms with E-state index in [0.717, 1.165) is 10.9 Å². The monoisotopic (exact) mass is 527 g/mol. The van der Waals surface area contributed by atoms with Crippen LogP contribution in [0.15, 0.2) is 89.3 Å². The van der Waals surface area contributed by atoms with E-state index in [0.29, 0.717) is 10.9 Å². The molecule has 0 unspecified atom stereocenters. The molecule has 38 heavy (non-hydrogen) atoms. The minimum atomic E-state index is -4.23. The Morgan fingerprint density at radius 2 is 1.74 bits per heavy atom. The highest BCUT2D eigenvalue weighted by Crippen LogP contribution is 2.33. The molecule has 190 valence electrons. The van der Waals surface area contributed by atoms with Crippen molar-refractivity contribution >= 4 is 44.2 Å². The van der Waals surface area contributed by atoms with Gasteiger partial charge in [0.1, 0.15) is 16.5 Å². The van der Waals surface area contributed by atoms with Crippen LogP contribution in [0.3, 0.4) is 0 Å². The average Bonchev–Trinajstić information content (AvgIpc) is 2.89. The molecule has 0 fully saturated rings. The van der Waals surface area contributed by atoms with Gasteiger partial charge in [0, 0.05) is 17.7 Å². The fraction of sp³-hybridized carbons (Fsp3) is 0.0714. The summed E-state index contributed by atoms with van der Waals surface area (Å²) in [6.07, 6.45) is 1.24. The van der Waals surface area contributed by atoms with Crippen molar-refractivity contribution in [3.63, 3.8) is 0 Å². The summed E-state index contributed by atoms with van der Waals surface area (Å²) < 4.78 is 31.5. The number of fused-ring (bicyclic) bond motifs is 1. The lowest BCUT2D eigenvalue weighted by atomic mass is 10.0. The summed E-state index contributed by atoms with van der Waals surface area (Å²) in [6.45, 7) is 3.48. The number of rotatable bonds is 7. The first-order valence-electron chi connectivity index (χ1n) is 11.3. The first-order chi connectivity index (χ1) is 18.1. The van der Waals surface area contributed by atoms with Gasteiger partial charge in [-0.05, 0) is 54.5 Å². The maximum Gasteiger partial charge on any atom is 0.339 e. The second kappa shape index (κ2) is 10.5. The number of anilines is 1. The predicted molar refractivity (Wildman–Crippen MR) is 143 cm³/mol. The number of hydrogen-bond acceptors (Lipinski definition) is 7. The van der Waals surface area contributed by atoms with Gasteiger partial charge >= 0.3 is 10.1 Å². The number of nitriles is 1. The minimum Gasteiger partial charge on any atom is -0.378 e. The number of carbonyl (C=O) groups excluding carboxylic acids is 1. The molecule has 1 amide bonds. The molecule has 4 aromatic rings. The highest BCUT2D eigenvalue weighted by atomic mass is 32.2. The van der Waals surface area contributed by atoms with Gasteiger partial charge in [-0.3, -0.25) is 14.9 Å². The van der Waals surface area contributed by atoms with Crippen molar-refractivity contribution in [3.05, 3.63) is 111 Å². The molecule has 0 atom stereocenters. The van der Waals surface area contributed by atoms with E-state index in [1.807, 2.05) is 13.0 Å². The molecule has 0 spiro atoms. The normalized spacial score (nSPS) is 11.6. The van der Waals surface area contributed by atoms with E-state index in [1.54, 1.807) is 49.4 Å². The number of non-ortho nitro benzene ring substituents is 1. The van der Waals surface area contributed by atoms with E-state index >= 15 is 0 Å². The molecular weight excluding hydrogens is 506 g/mol. The first kappa shape index (κ1) is 26.1. The van der Waals surface area contributed by atoms with Gasteiger partial charge in [-0.25, -0.2) is 0 Å². The summed E-state index contributed by atoms with van der Waals surface area (Å²) in [5.74, 6) is -0.896. The number of nitrogens with one attached hydrogen (secondary N) is 1. The Kier molecular flexibility index (Phi) is 7.23. The number of amides is 1. The molecule has 0 heterocycles. The molecule has 0 saturated heterocycles. The lowest BCUT2D eigenvalue weighted by Crippen LogP contribution is -2.15. The molecule has 0 saturated carbocycles. The van der Waals surface area contributed by atoms with Gasteiger partial charge in [-0.1, -0.05) is 54.1 Å². The Bertz CT molecular complexity index is 1750. The van der Waals surface area contributed by atoms with Crippen LogP contribution in [-0.2, 0) is 14.9 Å². The molecule has 0 radical (unpaired) electrons. The second-order valence-electron chi connectivity index (χ2n) is 8.43. The van der Waals surface area contributed by atoms with Crippen molar-refractivity contribution in [1.82, 2.24) is 0 Å². The molecule has 0 aromatic heterocycles. The predicted octanol–water partition coefficient (Wildman–Crippen LogP) is 5.68. The molecule has 0 aliphatic rings. The van der Waals surface area contributed by atoms with Gasteiger partial charge < -0.3 is 9.50 Å². The van der Waals surface area contributed by atoms with Crippen molar-refractivity contribution in [2.45, 2.75) is 18.7 Å². The fourth-order valence-corrected chi connectivity index (χ4v) is 4.66. The molecule has 0 aliphatic heterocycles. The Balaban J connectivity index is 1.78. The summed E-state index contributed by atoms with van der Waals surface area (Å²) >= 11 is 0. The van der Waals surface area contributed by atoms with Crippen LogP contribution in [0.5, 0.6) is 5.75 Å². The Hall–Kier alpha value is -5.01. The number of carbonyl (C=O) groups is 1. The van der Waals surface area contributed by atoms with Crippen molar-refractivity contribution in [1.29, 1.82) is 5.26 Å². The van der Waals surface area contributed by atoms with Crippen LogP contribution in [0, 0.1) is 35.3 Å². The zero-order valence-electron chi connectivity index (χ0n) is 20.3. The van der Waals surface area contributed by atoms with Crippen molar-refractivity contribution < 1.29 is 22.3 Å². The number of hydrogen-bond donors (Lipinski definition) is 1. The SMILES string of the molecule is Cc1ccc(S(=O)(=O)Oc2ccc3ccccc3c2/C=C(\C#N)C(=O)Nc2cc([N+](=O)[O-])ccc2C)cc1. The third-order valence-corrected chi connectivity index (χ3v) is 7.02. The van der Waals surface area contributed by atoms with E-state index in [9.17, 15) is 28.6 Å². The largest absolute Gasteiger partial charge is 0.378 e. The lowest BCUT2D eigenvalue weighted by Gasteiger charge is -2.13. The van der Waals surface area contributed by atoms with Crippen LogP contribution in [-0.4, -0.2) is 19.2 Å². The molecule has 10 heteroatoms. The van der Waals surface area contributed by atoms with E-state index in [-0.39, 0.29) is 33.2 Å². The fourth-order valence-electron chi connectivity index (χ4n) is 3.71. The van der Waals surface area contributed by atoms with Gasteiger partial charge in [0.15, 0.2) is 5.75 Å². The first-order valence-corrected chi connectivity index (χ1v) is 12.7. The molecule has 0 aliphatic carbocycles. The van der Waals surface area contributed by atoms with Gasteiger partial charge in [-0.15, -0.1) is 0 Å². The Morgan fingerprint density at radius 1 is 1.03 bits per heavy atom. The molecule has 4 aromatic carbocycles. The average molecular weight is 528 g/mol. The standard InChI is InChI=1S/C28H21N3O6S/c1-18-7-12-23(13-8-18)38(35,36)37-27-14-10-20-5-3-4-6-24(20)25(27)15-21(17-29)28(32)30-26-16-22(31(33)34)11-9-19(26)2/h3-16H,1-2H3,(H,30,32)/b21-15+. The van der Waals surface area contributed by atoms with Crippen LogP contribution < -0.4 is 9.50 Å². The molecule has 0 bridgehead atoms. The molecule has 1 N–H and O–H groups in total.